The molecule has 0 bridgehead atoms. The lowest BCUT2D eigenvalue weighted by Gasteiger charge is -2.13. The minimum absolute atomic E-state index is 0.0593. The molecule has 1 amide bonds. The van der Waals surface area contributed by atoms with E-state index in [1.165, 1.54) is 11.4 Å². The van der Waals surface area contributed by atoms with E-state index in [0.717, 1.165) is 34.7 Å². The molecule has 0 saturated heterocycles. The van der Waals surface area contributed by atoms with E-state index in [0.29, 0.717) is 0 Å². The molecule has 0 radical (unpaired) electrons. The van der Waals surface area contributed by atoms with Gasteiger partial charge in [-0.05, 0) is 56.3 Å². The number of para-hydroxylation sites is 2. The van der Waals surface area contributed by atoms with Crippen molar-refractivity contribution in [3.8, 4) is 5.69 Å². The molecule has 5 heteroatoms. The first-order chi connectivity index (χ1) is 13.6. The zero-order chi connectivity index (χ0) is 19.7. The Morgan fingerprint density at radius 3 is 2.50 bits per heavy atom. The molecule has 1 N–H and O–H groups in total. The Hall–Kier alpha value is -3.34. The van der Waals surface area contributed by atoms with E-state index in [1.807, 2.05) is 53.1 Å². The van der Waals surface area contributed by atoms with Gasteiger partial charge in [-0.3, -0.25) is 4.79 Å². The van der Waals surface area contributed by atoms with Crippen LogP contribution in [-0.2, 0) is 17.8 Å². The van der Waals surface area contributed by atoms with Gasteiger partial charge in [0.05, 0.1) is 11.0 Å². The molecule has 4 aromatic rings. The first kappa shape index (κ1) is 18.0. The maximum Gasteiger partial charge on any atom is 0.244 e. The summed E-state index contributed by atoms with van der Waals surface area (Å²) in [5, 5.41) is 3.04. The van der Waals surface area contributed by atoms with Crippen LogP contribution in [-0.4, -0.2) is 20.0 Å². The highest BCUT2D eigenvalue weighted by Crippen LogP contribution is 2.20. The highest BCUT2D eigenvalue weighted by molar-refractivity contribution is 5.92. The van der Waals surface area contributed by atoms with Crippen molar-refractivity contribution < 1.29 is 4.79 Å². The summed E-state index contributed by atoms with van der Waals surface area (Å²) in [6.45, 7) is 6.46. The second kappa shape index (κ2) is 7.35. The van der Waals surface area contributed by atoms with Crippen LogP contribution in [0.3, 0.4) is 0 Å². The van der Waals surface area contributed by atoms with Gasteiger partial charge in [-0.15, -0.1) is 0 Å². The van der Waals surface area contributed by atoms with Crippen molar-refractivity contribution in [2.75, 3.05) is 5.32 Å². The molecule has 28 heavy (non-hydrogen) atoms. The van der Waals surface area contributed by atoms with Crippen molar-refractivity contribution in [3.05, 3.63) is 77.9 Å². The first-order valence-electron chi connectivity index (χ1n) is 9.56. The van der Waals surface area contributed by atoms with Gasteiger partial charge >= 0.3 is 0 Å². The van der Waals surface area contributed by atoms with Crippen LogP contribution in [0.25, 0.3) is 16.7 Å². The Bertz CT molecular complexity index is 1130. The molecule has 2 aromatic carbocycles. The van der Waals surface area contributed by atoms with E-state index in [4.69, 9.17) is 0 Å². The van der Waals surface area contributed by atoms with Gasteiger partial charge in [-0.25, -0.2) is 4.98 Å². The fourth-order valence-electron chi connectivity index (χ4n) is 3.71. The predicted octanol–water partition coefficient (Wildman–Crippen LogP) is 4.64. The van der Waals surface area contributed by atoms with E-state index in [1.54, 1.807) is 0 Å². The van der Waals surface area contributed by atoms with Crippen molar-refractivity contribution in [1.29, 1.82) is 0 Å². The number of carbonyl (C=O) groups is 1. The molecule has 2 heterocycles. The number of amides is 1. The molecule has 2 aromatic heterocycles. The highest BCUT2D eigenvalue weighted by Gasteiger charge is 2.13. The maximum absolute atomic E-state index is 12.8. The molecule has 0 aliphatic rings. The number of aryl methyl sites for hydroxylation is 3. The lowest BCUT2D eigenvalue weighted by molar-refractivity contribution is -0.116. The lowest BCUT2D eigenvalue weighted by atomic mass is 10.2. The van der Waals surface area contributed by atoms with Crippen molar-refractivity contribution >= 4 is 22.6 Å². The number of hydrogen-bond donors (Lipinski definition) is 1. The van der Waals surface area contributed by atoms with Gasteiger partial charge in [0.15, 0.2) is 0 Å². The molecule has 0 saturated carbocycles. The van der Waals surface area contributed by atoms with Crippen LogP contribution in [0.4, 0.5) is 5.69 Å². The number of fused-ring (bicyclic) bond motifs is 1. The van der Waals surface area contributed by atoms with Crippen LogP contribution in [0.1, 0.15) is 24.1 Å². The molecule has 0 spiro atoms. The van der Waals surface area contributed by atoms with Gasteiger partial charge in [0.2, 0.25) is 5.91 Å². The second-order valence-corrected chi connectivity index (χ2v) is 7.01. The number of carbonyl (C=O) groups excluding carboxylic acids is 1. The van der Waals surface area contributed by atoms with Crippen LogP contribution in [0.15, 0.2) is 60.7 Å². The van der Waals surface area contributed by atoms with Crippen LogP contribution in [0.2, 0.25) is 0 Å². The van der Waals surface area contributed by atoms with Gasteiger partial charge < -0.3 is 14.5 Å². The highest BCUT2D eigenvalue weighted by atomic mass is 16.1. The Balaban J connectivity index is 1.58. The summed E-state index contributed by atoms with van der Waals surface area (Å²) in [5.74, 6) is 0.861. The van der Waals surface area contributed by atoms with Gasteiger partial charge in [0, 0.05) is 29.2 Å². The standard InChI is InChI=1S/C23H24N4O/c1-4-22-25-20-10-5-6-11-21(20)26(22)15-23(28)24-18-8-7-9-19(14-18)27-16(2)12-13-17(27)3/h5-14H,4,15H2,1-3H3,(H,24,28). The molecule has 0 atom stereocenters. The molecular weight excluding hydrogens is 348 g/mol. The summed E-state index contributed by atoms with van der Waals surface area (Å²) >= 11 is 0. The number of benzene rings is 2. The van der Waals surface area contributed by atoms with Crippen LogP contribution < -0.4 is 5.32 Å². The largest absolute Gasteiger partial charge is 0.324 e. The van der Waals surface area contributed by atoms with E-state index in [9.17, 15) is 4.79 Å². The van der Waals surface area contributed by atoms with Crippen molar-refractivity contribution in [3.63, 3.8) is 0 Å². The van der Waals surface area contributed by atoms with Gasteiger partial charge in [0.1, 0.15) is 12.4 Å². The summed E-state index contributed by atoms with van der Waals surface area (Å²) in [6.07, 6.45) is 0.781. The van der Waals surface area contributed by atoms with Crippen molar-refractivity contribution in [2.24, 2.45) is 0 Å². The second-order valence-electron chi connectivity index (χ2n) is 7.01. The molecule has 5 nitrogen and oxygen atoms in total. The quantitative estimate of drug-likeness (QED) is 0.555. The Labute approximate surface area is 164 Å². The Morgan fingerprint density at radius 2 is 1.75 bits per heavy atom. The van der Waals surface area contributed by atoms with Gasteiger partial charge in [-0.2, -0.15) is 0 Å². The van der Waals surface area contributed by atoms with Crippen molar-refractivity contribution in [1.82, 2.24) is 14.1 Å². The number of hydrogen-bond acceptors (Lipinski definition) is 2. The average Bonchev–Trinajstić information content (AvgIpc) is 3.21. The summed E-state index contributed by atoms with van der Waals surface area (Å²) in [4.78, 5) is 17.4. The van der Waals surface area contributed by atoms with Gasteiger partial charge in [0.25, 0.3) is 0 Å². The molecule has 142 valence electrons. The van der Waals surface area contributed by atoms with E-state index in [-0.39, 0.29) is 12.5 Å². The molecular formula is C23H24N4O. The number of nitrogens with zero attached hydrogens (tertiary/aromatic N) is 3. The topological polar surface area (TPSA) is 51.9 Å². The smallest absolute Gasteiger partial charge is 0.244 e. The van der Waals surface area contributed by atoms with E-state index >= 15 is 0 Å². The van der Waals surface area contributed by atoms with E-state index < -0.39 is 0 Å². The molecule has 0 unspecified atom stereocenters. The number of rotatable bonds is 5. The molecule has 0 aliphatic heterocycles. The fraction of sp³-hybridized carbons (Fsp3) is 0.217. The van der Waals surface area contributed by atoms with E-state index in [2.05, 4.69) is 47.8 Å². The monoisotopic (exact) mass is 372 g/mol. The minimum atomic E-state index is -0.0593. The fourth-order valence-corrected chi connectivity index (χ4v) is 3.71. The third-order valence-electron chi connectivity index (χ3n) is 5.01. The lowest BCUT2D eigenvalue weighted by Crippen LogP contribution is -2.20. The maximum atomic E-state index is 12.8. The number of aromatic nitrogens is 3. The number of anilines is 1. The third kappa shape index (κ3) is 3.31. The van der Waals surface area contributed by atoms with Crippen molar-refractivity contribution in [2.45, 2.75) is 33.7 Å². The summed E-state index contributed by atoms with van der Waals surface area (Å²) in [6, 6.07) is 20.1. The zero-order valence-corrected chi connectivity index (χ0v) is 16.4. The predicted molar refractivity (Wildman–Crippen MR) is 113 cm³/mol. The number of imidazole rings is 1. The molecule has 0 aliphatic carbocycles. The zero-order valence-electron chi connectivity index (χ0n) is 16.4. The normalized spacial score (nSPS) is 11.1. The summed E-state index contributed by atoms with van der Waals surface area (Å²) < 4.78 is 4.17. The molecule has 0 fully saturated rings. The Kier molecular flexibility index (Phi) is 4.74. The third-order valence-corrected chi connectivity index (χ3v) is 5.01. The van der Waals surface area contributed by atoms with Gasteiger partial charge in [-0.1, -0.05) is 25.1 Å². The van der Waals surface area contributed by atoms with Crippen LogP contribution in [0.5, 0.6) is 0 Å². The molecule has 4 rings (SSSR count). The number of nitrogens with one attached hydrogen (secondary N) is 1. The average molecular weight is 372 g/mol. The SMILES string of the molecule is CCc1nc2ccccc2n1CC(=O)Nc1cccc(-n2c(C)ccc2C)c1. The van der Waals surface area contributed by atoms with Crippen LogP contribution in [0, 0.1) is 13.8 Å². The first-order valence-corrected chi connectivity index (χ1v) is 9.56. The Morgan fingerprint density at radius 1 is 1.00 bits per heavy atom. The van der Waals surface area contributed by atoms with Crippen LogP contribution >= 0.6 is 0 Å². The summed E-state index contributed by atoms with van der Waals surface area (Å²) in [7, 11) is 0. The summed E-state index contributed by atoms with van der Waals surface area (Å²) in [5.41, 5.74) is 6.07. The minimum Gasteiger partial charge on any atom is -0.324 e.